The van der Waals surface area contributed by atoms with E-state index >= 15 is 0 Å². The maximum absolute atomic E-state index is 11.4. The number of rotatable bonds is 4. The Balaban J connectivity index is -0.000000411. The van der Waals surface area contributed by atoms with Gasteiger partial charge in [-0.05, 0) is 0 Å². The van der Waals surface area contributed by atoms with Crippen molar-refractivity contribution in [3.8, 4) is 0 Å². The van der Waals surface area contributed by atoms with Gasteiger partial charge in [0.2, 0.25) is 0 Å². The van der Waals surface area contributed by atoms with Crippen LogP contribution in [0.1, 0.15) is 0 Å². The van der Waals surface area contributed by atoms with Crippen molar-refractivity contribution < 1.29 is 90.2 Å². The minimum atomic E-state index is -5.20. The molecule has 169 valence electrons. The summed E-state index contributed by atoms with van der Waals surface area (Å²) in [7, 11) is 0. The fraction of sp³-hybridized carbons (Fsp3) is 0.800. The molecule has 4 nitrogen and oxygen atoms in total. The standard InChI is InChI=1S/2C5H5F6O2.Cu/c2*6-4(7,8)2(12)1-3(13)5(9,10)11;/h2*1-3,12-13H;. The van der Waals surface area contributed by atoms with Crippen LogP contribution in [0.3, 0.4) is 0 Å². The minimum absolute atomic E-state index is 0. The van der Waals surface area contributed by atoms with E-state index in [9.17, 15) is 52.7 Å². The van der Waals surface area contributed by atoms with E-state index in [1.165, 1.54) is 0 Å². The van der Waals surface area contributed by atoms with Crippen molar-refractivity contribution in [3.05, 3.63) is 12.8 Å². The first-order valence-corrected chi connectivity index (χ1v) is 5.79. The summed E-state index contributed by atoms with van der Waals surface area (Å²) < 4.78 is 137. The van der Waals surface area contributed by atoms with E-state index in [4.69, 9.17) is 20.4 Å². The predicted octanol–water partition coefficient (Wildman–Crippen LogP) is 2.07. The van der Waals surface area contributed by atoms with E-state index in [1.54, 1.807) is 0 Å². The summed E-state index contributed by atoms with van der Waals surface area (Å²) >= 11 is 0. The molecule has 0 aromatic rings. The largest absolute Gasteiger partial charge is 0.414 e. The van der Waals surface area contributed by atoms with E-state index in [0.717, 1.165) is 0 Å². The van der Waals surface area contributed by atoms with E-state index in [0.29, 0.717) is 0 Å². The molecule has 0 spiro atoms. The predicted molar refractivity (Wildman–Crippen MR) is 56.8 cm³/mol. The Morgan fingerprint density at radius 1 is 0.407 bits per heavy atom. The SMILES string of the molecule is OC([CH]C(O)C(F)(F)F)C(F)(F)F.OC([CH]C(O)C(F)(F)F)C(F)(F)F.[Cu]. The van der Waals surface area contributed by atoms with Gasteiger partial charge >= 0.3 is 24.7 Å². The molecule has 4 atom stereocenters. The molecule has 0 aliphatic rings. The summed E-state index contributed by atoms with van der Waals surface area (Å²) in [5.41, 5.74) is 0. The van der Waals surface area contributed by atoms with E-state index in [-0.39, 0.29) is 17.1 Å². The van der Waals surface area contributed by atoms with Crippen LogP contribution in [-0.2, 0) is 17.1 Å². The second-order valence-electron chi connectivity index (χ2n) is 4.33. The summed E-state index contributed by atoms with van der Waals surface area (Å²) in [4.78, 5) is 0. The molecule has 0 amide bonds. The Morgan fingerprint density at radius 3 is 0.593 bits per heavy atom. The van der Waals surface area contributed by atoms with Gasteiger partial charge in [-0.1, -0.05) is 0 Å². The van der Waals surface area contributed by atoms with Gasteiger partial charge in [0.25, 0.3) is 0 Å². The number of hydrogen-bond donors (Lipinski definition) is 4. The average molecular weight is 486 g/mol. The smallest absolute Gasteiger partial charge is 0.383 e. The summed E-state index contributed by atoms with van der Waals surface area (Å²) in [5.74, 6) is 0. The van der Waals surface area contributed by atoms with Gasteiger partial charge in [0.1, 0.15) is 0 Å². The van der Waals surface area contributed by atoms with Crippen LogP contribution < -0.4 is 0 Å². The molecule has 0 aliphatic carbocycles. The second kappa shape index (κ2) is 10.9. The van der Waals surface area contributed by atoms with Gasteiger partial charge in [-0.25, -0.2) is 0 Å². The molecule has 0 aromatic carbocycles. The first-order valence-electron chi connectivity index (χ1n) is 5.79. The molecule has 27 heavy (non-hydrogen) atoms. The van der Waals surface area contributed by atoms with Crippen LogP contribution in [0.5, 0.6) is 0 Å². The summed E-state index contributed by atoms with van der Waals surface area (Å²) in [6, 6.07) is 0. The molecular weight excluding hydrogens is 476 g/mol. The zero-order valence-corrected chi connectivity index (χ0v) is 13.0. The maximum atomic E-state index is 11.4. The van der Waals surface area contributed by atoms with E-state index < -0.39 is 62.0 Å². The monoisotopic (exact) mass is 485 g/mol. The minimum Gasteiger partial charge on any atom is -0.383 e. The number of aliphatic hydroxyl groups excluding tert-OH is 4. The van der Waals surface area contributed by atoms with Gasteiger partial charge in [0, 0.05) is 29.9 Å². The van der Waals surface area contributed by atoms with Crippen molar-refractivity contribution in [2.24, 2.45) is 0 Å². The molecule has 0 saturated heterocycles. The van der Waals surface area contributed by atoms with Crippen molar-refractivity contribution in [3.63, 3.8) is 0 Å². The second-order valence-corrected chi connectivity index (χ2v) is 4.33. The number of aliphatic hydroxyl groups is 4. The molecule has 0 bridgehead atoms. The van der Waals surface area contributed by atoms with Gasteiger partial charge in [-0.3, -0.25) is 0 Å². The normalized spacial score (nSPS) is 17.8. The first kappa shape index (κ1) is 31.2. The van der Waals surface area contributed by atoms with Crippen molar-refractivity contribution in [1.82, 2.24) is 0 Å². The van der Waals surface area contributed by atoms with Gasteiger partial charge in [0.05, 0.1) is 0 Å². The van der Waals surface area contributed by atoms with Crippen LogP contribution in [0.4, 0.5) is 52.7 Å². The van der Waals surface area contributed by atoms with Crippen molar-refractivity contribution in [2.75, 3.05) is 0 Å². The van der Waals surface area contributed by atoms with Gasteiger partial charge in [0.15, 0.2) is 24.4 Å². The van der Waals surface area contributed by atoms with Crippen molar-refractivity contribution >= 4 is 0 Å². The fourth-order valence-corrected chi connectivity index (χ4v) is 0.782. The Kier molecular flexibility index (Phi) is 12.6. The molecule has 0 fully saturated rings. The topological polar surface area (TPSA) is 80.9 Å². The van der Waals surface area contributed by atoms with Crippen LogP contribution in [-0.4, -0.2) is 69.5 Å². The fourth-order valence-electron chi connectivity index (χ4n) is 0.782. The molecule has 4 unspecified atom stereocenters. The Morgan fingerprint density at radius 2 is 0.519 bits per heavy atom. The molecule has 17 heteroatoms. The third-order valence-electron chi connectivity index (χ3n) is 2.07. The average Bonchev–Trinajstić information content (AvgIpc) is 2.34. The van der Waals surface area contributed by atoms with E-state index in [1.807, 2.05) is 0 Å². The quantitative estimate of drug-likeness (QED) is 0.363. The Bertz CT molecular complexity index is 331. The van der Waals surface area contributed by atoms with Crippen LogP contribution in [0, 0.1) is 12.8 Å². The zero-order chi connectivity index (χ0) is 21.7. The molecule has 0 heterocycles. The maximum Gasteiger partial charge on any atom is 0.414 e. The van der Waals surface area contributed by atoms with E-state index in [2.05, 4.69) is 0 Å². The third-order valence-corrected chi connectivity index (χ3v) is 2.07. The Hall–Kier alpha value is -0.481. The van der Waals surface area contributed by atoms with Gasteiger partial charge < -0.3 is 20.4 Å². The van der Waals surface area contributed by atoms with Gasteiger partial charge in [-0.15, -0.1) is 0 Å². The molecule has 0 aromatic heterocycles. The summed E-state index contributed by atoms with van der Waals surface area (Å²) in [5, 5.41) is 32.3. The molecule has 0 aliphatic heterocycles. The van der Waals surface area contributed by atoms with Crippen molar-refractivity contribution in [1.29, 1.82) is 0 Å². The molecule has 0 rings (SSSR count). The molecular formula is C10H10CuF12O4. The first-order chi connectivity index (χ1) is 11.1. The molecule has 3 radical (unpaired) electrons. The summed E-state index contributed by atoms with van der Waals surface area (Å²) in [6.45, 7) is 0. The zero-order valence-electron chi connectivity index (χ0n) is 12.1. The van der Waals surface area contributed by atoms with Crippen LogP contribution in [0.25, 0.3) is 0 Å². The Labute approximate surface area is 153 Å². The van der Waals surface area contributed by atoms with Crippen LogP contribution >= 0.6 is 0 Å². The number of hydrogen-bond acceptors (Lipinski definition) is 4. The summed E-state index contributed by atoms with van der Waals surface area (Å²) in [6.07, 6.45) is -35.2. The molecule has 0 saturated carbocycles. The van der Waals surface area contributed by atoms with Gasteiger partial charge in [-0.2, -0.15) is 52.7 Å². The third kappa shape index (κ3) is 14.2. The number of alkyl halides is 12. The van der Waals surface area contributed by atoms with Crippen LogP contribution in [0.2, 0.25) is 0 Å². The number of halogens is 12. The van der Waals surface area contributed by atoms with Crippen molar-refractivity contribution in [2.45, 2.75) is 49.1 Å². The molecule has 4 N–H and O–H groups in total. The van der Waals surface area contributed by atoms with Crippen LogP contribution in [0.15, 0.2) is 0 Å².